The zero-order valence-electron chi connectivity index (χ0n) is 6.81. The summed E-state index contributed by atoms with van der Waals surface area (Å²) in [5, 5.41) is 3.19. The van der Waals surface area contributed by atoms with E-state index in [0.717, 1.165) is 24.3 Å². The maximum atomic E-state index is 11.0. The molecule has 0 spiro atoms. The fraction of sp³-hybridized carbons (Fsp3) is 0.375. The molecule has 3 nitrogen and oxygen atoms in total. The van der Waals surface area contributed by atoms with Gasteiger partial charge in [0.05, 0.1) is 0 Å². The van der Waals surface area contributed by atoms with Crippen LogP contribution in [-0.2, 0) is 13.1 Å². The minimum atomic E-state index is 0. The van der Waals surface area contributed by atoms with Gasteiger partial charge in [0.1, 0.15) is 0 Å². The zero-order chi connectivity index (χ0) is 7.84. The van der Waals surface area contributed by atoms with Crippen LogP contribution in [0.2, 0.25) is 0 Å². The van der Waals surface area contributed by atoms with E-state index in [0.29, 0.717) is 0 Å². The number of H-pyrrole nitrogens is 1. The highest BCUT2D eigenvalue weighted by Gasteiger charge is 2.12. The first-order valence-electron chi connectivity index (χ1n) is 3.70. The van der Waals surface area contributed by atoms with Crippen molar-refractivity contribution in [2.45, 2.75) is 20.0 Å². The molecule has 66 valence electrons. The Labute approximate surface area is 76.6 Å². The Morgan fingerprint density at radius 1 is 1.42 bits per heavy atom. The molecule has 0 amide bonds. The van der Waals surface area contributed by atoms with Crippen molar-refractivity contribution >= 4 is 12.4 Å². The van der Waals surface area contributed by atoms with Crippen LogP contribution in [-0.4, -0.2) is 4.98 Å². The van der Waals surface area contributed by atoms with Crippen molar-refractivity contribution in [3.63, 3.8) is 0 Å². The van der Waals surface area contributed by atoms with Crippen LogP contribution in [0.4, 0.5) is 0 Å². The van der Waals surface area contributed by atoms with Crippen molar-refractivity contribution < 1.29 is 0 Å². The predicted molar refractivity (Wildman–Crippen MR) is 49.6 cm³/mol. The van der Waals surface area contributed by atoms with Gasteiger partial charge in [0.25, 0.3) is 0 Å². The van der Waals surface area contributed by atoms with E-state index < -0.39 is 0 Å². The van der Waals surface area contributed by atoms with Gasteiger partial charge in [-0.3, -0.25) is 4.79 Å². The standard InChI is InChI=1S/C8H10N2O.ClH/c1-5-2-8(11)10-7-4-9-3-6(5)7;/h2,9H,3-4H2,1H3,(H,10,11);1H. The summed E-state index contributed by atoms with van der Waals surface area (Å²) < 4.78 is 0. The molecule has 2 N–H and O–H groups in total. The van der Waals surface area contributed by atoms with E-state index in [1.807, 2.05) is 6.92 Å². The highest BCUT2D eigenvalue weighted by molar-refractivity contribution is 5.85. The van der Waals surface area contributed by atoms with Gasteiger partial charge in [0.15, 0.2) is 0 Å². The Morgan fingerprint density at radius 2 is 2.17 bits per heavy atom. The highest BCUT2D eigenvalue weighted by atomic mass is 35.5. The number of nitrogens with one attached hydrogen (secondary N) is 2. The molecule has 0 fully saturated rings. The molecule has 0 saturated carbocycles. The molecular weight excluding hydrogens is 176 g/mol. The van der Waals surface area contributed by atoms with Crippen LogP contribution in [0.5, 0.6) is 0 Å². The number of pyridine rings is 1. The lowest BCUT2D eigenvalue weighted by atomic mass is 10.1. The van der Waals surface area contributed by atoms with Crippen molar-refractivity contribution in [3.8, 4) is 0 Å². The summed E-state index contributed by atoms with van der Waals surface area (Å²) in [5.74, 6) is 0. The second kappa shape index (κ2) is 3.29. The van der Waals surface area contributed by atoms with E-state index in [4.69, 9.17) is 0 Å². The minimum Gasteiger partial charge on any atom is -0.325 e. The minimum absolute atomic E-state index is 0. The molecule has 2 heterocycles. The lowest BCUT2D eigenvalue weighted by Crippen LogP contribution is -2.09. The summed E-state index contributed by atoms with van der Waals surface area (Å²) in [6, 6.07) is 1.64. The van der Waals surface area contributed by atoms with E-state index in [-0.39, 0.29) is 18.0 Å². The summed E-state index contributed by atoms with van der Waals surface area (Å²) in [7, 11) is 0. The molecule has 0 aromatic carbocycles. The van der Waals surface area contributed by atoms with Crippen LogP contribution >= 0.6 is 12.4 Å². The number of halogens is 1. The van der Waals surface area contributed by atoms with E-state index in [9.17, 15) is 4.79 Å². The molecule has 0 radical (unpaired) electrons. The number of aromatic amines is 1. The second-order valence-corrected chi connectivity index (χ2v) is 2.88. The quantitative estimate of drug-likeness (QED) is 0.627. The average Bonchev–Trinajstić information content (AvgIpc) is 2.34. The fourth-order valence-electron chi connectivity index (χ4n) is 1.49. The molecule has 4 heteroatoms. The smallest absolute Gasteiger partial charge is 0.248 e. The fourth-order valence-corrected chi connectivity index (χ4v) is 1.49. The maximum Gasteiger partial charge on any atom is 0.248 e. The van der Waals surface area contributed by atoms with E-state index in [1.165, 1.54) is 5.56 Å². The first-order chi connectivity index (χ1) is 5.27. The summed E-state index contributed by atoms with van der Waals surface area (Å²) in [4.78, 5) is 13.8. The molecule has 12 heavy (non-hydrogen) atoms. The Bertz CT molecular complexity index is 345. The number of rotatable bonds is 0. The van der Waals surface area contributed by atoms with Gasteiger partial charge >= 0.3 is 0 Å². The predicted octanol–water partition coefficient (Wildman–Crippen LogP) is 0.708. The Hall–Kier alpha value is -0.800. The number of hydrogen-bond donors (Lipinski definition) is 2. The van der Waals surface area contributed by atoms with Gasteiger partial charge in [-0.2, -0.15) is 0 Å². The second-order valence-electron chi connectivity index (χ2n) is 2.88. The lowest BCUT2D eigenvalue weighted by Gasteiger charge is -1.99. The van der Waals surface area contributed by atoms with E-state index in [2.05, 4.69) is 10.3 Å². The van der Waals surface area contributed by atoms with Gasteiger partial charge in [0.2, 0.25) is 5.56 Å². The molecule has 1 aliphatic heterocycles. The highest BCUT2D eigenvalue weighted by Crippen LogP contribution is 2.13. The largest absolute Gasteiger partial charge is 0.325 e. The van der Waals surface area contributed by atoms with Gasteiger partial charge in [-0.25, -0.2) is 0 Å². The lowest BCUT2D eigenvalue weighted by molar-refractivity contribution is 0.756. The number of fused-ring (bicyclic) bond motifs is 1. The molecule has 2 rings (SSSR count). The molecule has 1 aromatic rings. The topological polar surface area (TPSA) is 44.9 Å². The molecule has 0 aliphatic carbocycles. The van der Waals surface area contributed by atoms with Gasteiger partial charge in [-0.05, 0) is 18.1 Å². The number of hydrogen-bond acceptors (Lipinski definition) is 2. The van der Waals surface area contributed by atoms with Gasteiger partial charge in [-0.15, -0.1) is 12.4 Å². The van der Waals surface area contributed by atoms with Crippen molar-refractivity contribution in [3.05, 3.63) is 33.2 Å². The summed E-state index contributed by atoms with van der Waals surface area (Å²) in [6.45, 7) is 3.66. The zero-order valence-corrected chi connectivity index (χ0v) is 7.62. The van der Waals surface area contributed by atoms with Crippen LogP contribution in [0.15, 0.2) is 10.9 Å². The third-order valence-electron chi connectivity index (χ3n) is 2.07. The Morgan fingerprint density at radius 3 is 2.92 bits per heavy atom. The van der Waals surface area contributed by atoms with Crippen molar-refractivity contribution in [1.29, 1.82) is 0 Å². The van der Waals surface area contributed by atoms with Gasteiger partial charge in [0, 0.05) is 24.8 Å². The number of aromatic nitrogens is 1. The number of aryl methyl sites for hydroxylation is 1. The molecular formula is C8H11ClN2O. The first-order valence-corrected chi connectivity index (χ1v) is 3.70. The molecule has 1 aromatic heterocycles. The normalized spacial score (nSPS) is 13.8. The van der Waals surface area contributed by atoms with Crippen LogP contribution in [0.3, 0.4) is 0 Å². The average molecular weight is 187 g/mol. The van der Waals surface area contributed by atoms with Gasteiger partial charge < -0.3 is 10.3 Å². The van der Waals surface area contributed by atoms with Crippen LogP contribution in [0.25, 0.3) is 0 Å². The molecule has 0 saturated heterocycles. The van der Waals surface area contributed by atoms with Crippen molar-refractivity contribution in [2.75, 3.05) is 0 Å². The van der Waals surface area contributed by atoms with E-state index in [1.54, 1.807) is 6.07 Å². The third kappa shape index (κ3) is 1.38. The molecule has 1 aliphatic rings. The monoisotopic (exact) mass is 186 g/mol. The molecule has 0 unspecified atom stereocenters. The Kier molecular flexibility index (Phi) is 2.55. The summed E-state index contributed by atoms with van der Waals surface area (Å²) >= 11 is 0. The third-order valence-corrected chi connectivity index (χ3v) is 2.07. The van der Waals surface area contributed by atoms with Gasteiger partial charge in [-0.1, -0.05) is 0 Å². The molecule has 0 bridgehead atoms. The van der Waals surface area contributed by atoms with Crippen LogP contribution in [0, 0.1) is 6.92 Å². The SMILES string of the molecule is Cc1cc(=O)[nH]c2c1CNC2.Cl. The van der Waals surface area contributed by atoms with Crippen LogP contribution in [0.1, 0.15) is 16.8 Å². The van der Waals surface area contributed by atoms with Crippen LogP contribution < -0.4 is 10.9 Å². The van der Waals surface area contributed by atoms with E-state index >= 15 is 0 Å². The summed E-state index contributed by atoms with van der Waals surface area (Å²) in [5.41, 5.74) is 3.40. The first kappa shape index (κ1) is 9.29. The maximum absolute atomic E-state index is 11.0. The van der Waals surface area contributed by atoms with Crippen molar-refractivity contribution in [1.82, 2.24) is 10.3 Å². The molecule has 0 atom stereocenters. The van der Waals surface area contributed by atoms with Crippen molar-refractivity contribution in [2.24, 2.45) is 0 Å². The Balaban J connectivity index is 0.000000720. The summed E-state index contributed by atoms with van der Waals surface area (Å²) in [6.07, 6.45) is 0.